The van der Waals surface area contributed by atoms with Gasteiger partial charge in [0.15, 0.2) is 0 Å². The van der Waals surface area contributed by atoms with Crippen molar-refractivity contribution < 1.29 is 17.9 Å². The van der Waals surface area contributed by atoms with Crippen LogP contribution < -0.4 is 15.8 Å². The van der Waals surface area contributed by atoms with E-state index in [1.165, 1.54) is 0 Å². The van der Waals surface area contributed by atoms with Crippen molar-refractivity contribution in [2.45, 2.75) is 57.1 Å². The summed E-state index contributed by atoms with van der Waals surface area (Å²) < 4.78 is 31.9. The fourth-order valence-electron chi connectivity index (χ4n) is 3.21. The molecule has 1 saturated carbocycles. The molecule has 1 amide bonds. The highest BCUT2D eigenvalue weighted by atomic mass is 35.5. The van der Waals surface area contributed by atoms with E-state index in [4.69, 9.17) is 10.5 Å². The van der Waals surface area contributed by atoms with Crippen LogP contribution in [0.25, 0.3) is 0 Å². The number of amides is 1. The van der Waals surface area contributed by atoms with Crippen molar-refractivity contribution in [1.82, 2.24) is 10.0 Å². The Hall–Kier alpha value is -0.410. The summed E-state index contributed by atoms with van der Waals surface area (Å²) in [5.41, 5.74) is 5.94. The fraction of sp³-hybridized carbons (Fsp3) is 0.933. The highest BCUT2D eigenvalue weighted by Crippen LogP contribution is 2.26. The van der Waals surface area contributed by atoms with Crippen LogP contribution in [-0.2, 0) is 19.6 Å². The first-order valence-corrected chi connectivity index (χ1v) is 10.2. The summed E-state index contributed by atoms with van der Waals surface area (Å²) in [5.74, 6) is 0.00804. The van der Waals surface area contributed by atoms with Gasteiger partial charge in [0.2, 0.25) is 15.9 Å². The molecule has 0 aromatic heterocycles. The zero-order chi connectivity index (χ0) is 16.7. The van der Waals surface area contributed by atoms with Gasteiger partial charge < -0.3 is 15.8 Å². The summed E-state index contributed by atoms with van der Waals surface area (Å²) in [4.78, 5) is 11.8. The first-order valence-electron chi connectivity index (χ1n) is 8.57. The van der Waals surface area contributed by atoms with Gasteiger partial charge >= 0.3 is 0 Å². The van der Waals surface area contributed by atoms with Gasteiger partial charge in [-0.3, -0.25) is 4.79 Å². The highest BCUT2D eigenvalue weighted by Gasteiger charge is 2.26. The summed E-state index contributed by atoms with van der Waals surface area (Å²) in [6.45, 7) is 1.14. The van der Waals surface area contributed by atoms with Crippen LogP contribution in [-0.4, -0.2) is 51.9 Å². The number of sulfonamides is 1. The average Bonchev–Trinajstić information content (AvgIpc) is 2.91. The Labute approximate surface area is 150 Å². The zero-order valence-corrected chi connectivity index (χ0v) is 15.7. The number of carbonyl (C=O) groups is 1. The molecule has 2 rings (SSSR count). The van der Waals surface area contributed by atoms with E-state index in [1.807, 2.05) is 0 Å². The number of ether oxygens (including phenoxy) is 1. The van der Waals surface area contributed by atoms with Crippen molar-refractivity contribution in [2.75, 3.05) is 25.4 Å². The molecule has 1 unspecified atom stereocenters. The smallest absolute Gasteiger partial charge is 0.220 e. The van der Waals surface area contributed by atoms with Crippen molar-refractivity contribution in [3.05, 3.63) is 0 Å². The van der Waals surface area contributed by atoms with E-state index < -0.39 is 10.0 Å². The van der Waals surface area contributed by atoms with Gasteiger partial charge in [0.1, 0.15) is 0 Å². The van der Waals surface area contributed by atoms with E-state index in [-0.39, 0.29) is 48.7 Å². The van der Waals surface area contributed by atoms with Crippen molar-refractivity contribution >= 4 is 28.3 Å². The van der Waals surface area contributed by atoms with E-state index in [1.54, 1.807) is 0 Å². The lowest BCUT2D eigenvalue weighted by Crippen LogP contribution is -2.40. The molecule has 0 radical (unpaired) electrons. The Kier molecular flexibility index (Phi) is 9.51. The molecule has 2 aliphatic rings. The lowest BCUT2D eigenvalue weighted by atomic mass is 10.00. The topological polar surface area (TPSA) is 111 Å². The maximum atomic E-state index is 11.9. The number of carbonyl (C=O) groups excluding carboxylic acids is 1. The predicted octanol–water partition coefficient (Wildman–Crippen LogP) is 0.530. The molecule has 1 aliphatic heterocycles. The molecule has 24 heavy (non-hydrogen) atoms. The molecule has 1 aliphatic carbocycles. The largest absolute Gasteiger partial charge is 0.377 e. The number of hydrogen-bond acceptors (Lipinski definition) is 5. The monoisotopic (exact) mass is 383 g/mol. The zero-order valence-electron chi connectivity index (χ0n) is 14.0. The van der Waals surface area contributed by atoms with E-state index in [2.05, 4.69) is 10.0 Å². The second-order valence-corrected chi connectivity index (χ2v) is 8.49. The number of nitrogens with two attached hydrogens (primary N) is 1. The van der Waals surface area contributed by atoms with Crippen LogP contribution >= 0.6 is 12.4 Å². The SMILES string of the molecule is Cl.N[C@@H]1CCC[C@H]1CC(=O)NCCS(=O)(=O)NCC1CCCCO1. The fourth-order valence-corrected chi connectivity index (χ4v) is 4.17. The van der Waals surface area contributed by atoms with Crippen LogP contribution in [0.4, 0.5) is 0 Å². The third-order valence-electron chi connectivity index (χ3n) is 4.66. The Morgan fingerprint density at radius 1 is 1.17 bits per heavy atom. The summed E-state index contributed by atoms with van der Waals surface area (Å²) in [6.07, 6.45) is 6.39. The molecule has 0 aromatic carbocycles. The number of halogens is 1. The highest BCUT2D eigenvalue weighted by molar-refractivity contribution is 7.89. The molecule has 7 nitrogen and oxygen atoms in total. The quantitative estimate of drug-likeness (QED) is 0.566. The predicted molar refractivity (Wildman–Crippen MR) is 95.6 cm³/mol. The van der Waals surface area contributed by atoms with Crippen molar-refractivity contribution in [2.24, 2.45) is 11.7 Å². The standard InChI is InChI=1S/C15H29N3O4S.ClH/c16-14-6-3-4-12(14)10-15(19)17-7-9-23(20,21)18-11-13-5-1-2-8-22-13;/h12-14,18H,1-11,16H2,(H,17,19);1H/t12-,13?,14+;/m0./s1. The van der Waals surface area contributed by atoms with Gasteiger partial charge in [0.25, 0.3) is 0 Å². The maximum absolute atomic E-state index is 11.9. The molecule has 1 heterocycles. The van der Waals surface area contributed by atoms with E-state index in [9.17, 15) is 13.2 Å². The van der Waals surface area contributed by atoms with E-state index in [0.717, 1.165) is 38.5 Å². The molecule has 1 saturated heterocycles. The molecular formula is C15H30ClN3O4S. The minimum atomic E-state index is -3.38. The number of rotatable bonds is 8. The van der Waals surface area contributed by atoms with Crippen molar-refractivity contribution in [3.8, 4) is 0 Å². The molecule has 0 aromatic rings. The summed E-state index contributed by atoms with van der Waals surface area (Å²) >= 11 is 0. The average molecular weight is 384 g/mol. The molecular weight excluding hydrogens is 354 g/mol. The van der Waals surface area contributed by atoms with Crippen molar-refractivity contribution in [3.63, 3.8) is 0 Å². The van der Waals surface area contributed by atoms with Crippen molar-refractivity contribution in [1.29, 1.82) is 0 Å². The van der Waals surface area contributed by atoms with Gasteiger partial charge in [0, 0.05) is 32.2 Å². The molecule has 0 bridgehead atoms. The molecule has 4 N–H and O–H groups in total. The first-order chi connectivity index (χ1) is 11.0. The third-order valence-corrected chi connectivity index (χ3v) is 6.01. The van der Waals surface area contributed by atoms with Gasteiger partial charge in [-0.05, 0) is 38.0 Å². The first kappa shape index (κ1) is 21.6. The Morgan fingerprint density at radius 3 is 2.58 bits per heavy atom. The lowest BCUT2D eigenvalue weighted by molar-refractivity contribution is -0.121. The summed E-state index contributed by atoms with van der Waals surface area (Å²) in [6, 6.07) is 0.0987. The summed E-state index contributed by atoms with van der Waals surface area (Å²) in [7, 11) is -3.38. The van der Waals surface area contributed by atoms with E-state index in [0.29, 0.717) is 19.6 Å². The second kappa shape index (κ2) is 10.6. The second-order valence-electron chi connectivity index (χ2n) is 6.56. The van der Waals surface area contributed by atoms with Crippen LogP contribution in [0.3, 0.4) is 0 Å². The molecule has 0 spiro atoms. The lowest BCUT2D eigenvalue weighted by Gasteiger charge is -2.22. The van der Waals surface area contributed by atoms with Gasteiger partial charge in [-0.25, -0.2) is 13.1 Å². The minimum Gasteiger partial charge on any atom is -0.377 e. The number of nitrogens with one attached hydrogen (secondary N) is 2. The molecule has 142 valence electrons. The van der Waals surface area contributed by atoms with Crippen LogP contribution in [0.15, 0.2) is 0 Å². The molecule has 2 fully saturated rings. The van der Waals surface area contributed by atoms with Crippen LogP contribution in [0.2, 0.25) is 0 Å². The van der Waals surface area contributed by atoms with Crippen LogP contribution in [0.5, 0.6) is 0 Å². The Morgan fingerprint density at radius 2 is 1.96 bits per heavy atom. The minimum absolute atomic E-state index is 0. The Bertz CT molecular complexity index is 483. The van der Waals surface area contributed by atoms with Gasteiger partial charge in [-0.15, -0.1) is 12.4 Å². The molecule has 9 heteroatoms. The third kappa shape index (κ3) is 7.65. The van der Waals surface area contributed by atoms with Gasteiger partial charge in [-0.2, -0.15) is 0 Å². The summed E-state index contributed by atoms with van der Waals surface area (Å²) in [5, 5.41) is 2.68. The normalized spacial score (nSPS) is 27.5. The molecule has 3 atom stereocenters. The van der Waals surface area contributed by atoms with Gasteiger partial charge in [-0.1, -0.05) is 6.42 Å². The van der Waals surface area contributed by atoms with E-state index >= 15 is 0 Å². The maximum Gasteiger partial charge on any atom is 0.220 e. The van der Waals surface area contributed by atoms with Gasteiger partial charge in [0.05, 0.1) is 11.9 Å². The number of hydrogen-bond donors (Lipinski definition) is 3. The van der Waals surface area contributed by atoms with Crippen LogP contribution in [0, 0.1) is 5.92 Å². The Balaban J connectivity index is 0.00000288. The van der Waals surface area contributed by atoms with Crippen LogP contribution in [0.1, 0.15) is 44.9 Å².